The van der Waals surface area contributed by atoms with Crippen LogP contribution < -0.4 is 0 Å². The molecule has 0 N–H and O–H groups in total. The number of rotatable bonds is 4. The molecule has 2 unspecified atom stereocenters. The second-order valence-electron chi connectivity index (χ2n) is 4.35. The van der Waals surface area contributed by atoms with E-state index in [9.17, 15) is 0 Å². The van der Waals surface area contributed by atoms with Crippen molar-refractivity contribution in [3.63, 3.8) is 0 Å². The summed E-state index contributed by atoms with van der Waals surface area (Å²) in [5, 5.41) is 0. The first-order valence-electron chi connectivity index (χ1n) is 5.59. The van der Waals surface area contributed by atoms with Gasteiger partial charge in [-0.1, -0.05) is 41.9 Å². The monoisotopic (exact) mass is 268 g/mol. The van der Waals surface area contributed by atoms with Crippen LogP contribution in [0.5, 0.6) is 0 Å². The molecule has 0 heterocycles. The average molecular weight is 269 g/mol. The first kappa shape index (κ1) is 11.2. The Kier molecular flexibility index (Phi) is 3.17. The molecule has 15 heavy (non-hydrogen) atoms. The number of halogens is 1. The normalized spacial score (nSPS) is 29.1. The summed E-state index contributed by atoms with van der Waals surface area (Å²) in [6, 6.07) is 8.53. The number of ether oxygens (including phenoxy) is 1. The molecule has 1 aromatic carbocycles. The molecule has 1 nitrogen and oxygen atoms in total. The number of hydrogen-bond acceptors (Lipinski definition) is 1. The van der Waals surface area contributed by atoms with E-state index in [0.29, 0.717) is 5.92 Å². The number of benzene rings is 1. The summed E-state index contributed by atoms with van der Waals surface area (Å²) in [5.74, 6) is 0.658. The highest BCUT2D eigenvalue weighted by molar-refractivity contribution is 9.10. The fourth-order valence-corrected chi connectivity index (χ4v) is 2.36. The minimum Gasteiger partial charge on any atom is -0.370 e. The Balaban J connectivity index is 2.16. The van der Waals surface area contributed by atoms with Crippen molar-refractivity contribution >= 4 is 15.9 Å². The fraction of sp³-hybridized carbons (Fsp3) is 0.538. The van der Waals surface area contributed by atoms with Gasteiger partial charge >= 0.3 is 0 Å². The van der Waals surface area contributed by atoms with Gasteiger partial charge in [-0.25, -0.2) is 0 Å². The van der Waals surface area contributed by atoms with Crippen molar-refractivity contribution in [2.75, 3.05) is 6.61 Å². The highest BCUT2D eigenvalue weighted by Gasteiger charge is 2.53. The fourth-order valence-electron chi connectivity index (χ4n) is 2.10. The van der Waals surface area contributed by atoms with Gasteiger partial charge in [0.05, 0.1) is 5.60 Å². The van der Waals surface area contributed by atoms with E-state index in [4.69, 9.17) is 4.74 Å². The molecule has 0 saturated heterocycles. The average Bonchev–Trinajstić information content (AvgIpc) is 2.89. The van der Waals surface area contributed by atoms with Crippen LogP contribution in [0.2, 0.25) is 0 Å². The molecule has 0 aromatic heterocycles. The maximum atomic E-state index is 6.01. The van der Waals surface area contributed by atoms with E-state index in [2.05, 4.69) is 54.0 Å². The molecule has 0 amide bonds. The third-order valence-corrected chi connectivity index (χ3v) is 3.67. The standard InChI is InChI=1S/C13H17BrO/c1-3-8-15-13(9-10(13)2)11-4-6-12(14)7-5-11/h4-7,10H,3,8-9H2,1-2H3. The molecule has 1 aliphatic carbocycles. The Labute approximate surface area is 100.0 Å². The van der Waals surface area contributed by atoms with E-state index in [1.165, 1.54) is 5.56 Å². The van der Waals surface area contributed by atoms with Gasteiger partial charge in [-0.2, -0.15) is 0 Å². The Hall–Kier alpha value is -0.340. The Morgan fingerprint density at radius 3 is 2.47 bits per heavy atom. The second kappa shape index (κ2) is 4.26. The van der Waals surface area contributed by atoms with E-state index in [-0.39, 0.29) is 5.60 Å². The largest absolute Gasteiger partial charge is 0.370 e. The highest BCUT2D eigenvalue weighted by Crippen LogP contribution is 2.55. The molecule has 0 aliphatic heterocycles. The highest BCUT2D eigenvalue weighted by atomic mass is 79.9. The molecule has 2 atom stereocenters. The molecular formula is C13H17BrO. The van der Waals surface area contributed by atoms with Crippen LogP contribution in [-0.4, -0.2) is 6.61 Å². The van der Waals surface area contributed by atoms with Crippen LogP contribution in [0.15, 0.2) is 28.7 Å². The SMILES string of the molecule is CCCOC1(c2ccc(Br)cc2)CC1C. The van der Waals surface area contributed by atoms with Crippen LogP contribution in [0, 0.1) is 5.92 Å². The second-order valence-corrected chi connectivity index (χ2v) is 5.27. The van der Waals surface area contributed by atoms with E-state index >= 15 is 0 Å². The van der Waals surface area contributed by atoms with Gasteiger partial charge in [0, 0.05) is 11.1 Å². The third-order valence-electron chi connectivity index (χ3n) is 3.14. The predicted molar refractivity (Wildman–Crippen MR) is 65.8 cm³/mol. The first-order valence-corrected chi connectivity index (χ1v) is 6.38. The molecule has 2 heteroatoms. The molecule has 0 radical (unpaired) electrons. The summed E-state index contributed by atoms with van der Waals surface area (Å²) < 4.78 is 7.14. The van der Waals surface area contributed by atoms with Crippen molar-refractivity contribution < 1.29 is 4.74 Å². The van der Waals surface area contributed by atoms with Crippen molar-refractivity contribution in [2.24, 2.45) is 5.92 Å². The smallest absolute Gasteiger partial charge is 0.0961 e. The lowest BCUT2D eigenvalue weighted by atomic mass is 10.1. The molecule has 1 saturated carbocycles. The van der Waals surface area contributed by atoms with Crippen LogP contribution in [0.25, 0.3) is 0 Å². The predicted octanol–water partition coefficient (Wildman–Crippen LogP) is 4.11. The zero-order valence-electron chi connectivity index (χ0n) is 9.29. The lowest BCUT2D eigenvalue weighted by molar-refractivity contribution is 0.0196. The molecule has 1 aromatic rings. The van der Waals surface area contributed by atoms with Crippen molar-refractivity contribution in [1.82, 2.24) is 0 Å². The quantitative estimate of drug-likeness (QED) is 0.799. The molecular weight excluding hydrogens is 252 g/mol. The Bertz CT molecular complexity index is 333. The van der Waals surface area contributed by atoms with Gasteiger partial charge in [-0.15, -0.1) is 0 Å². The maximum Gasteiger partial charge on any atom is 0.0961 e. The third kappa shape index (κ3) is 2.11. The van der Waals surface area contributed by atoms with Crippen molar-refractivity contribution in [3.05, 3.63) is 34.3 Å². The Morgan fingerprint density at radius 2 is 2.00 bits per heavy atom. The number of hydrogen-bond donors (Lipinski definition) is 0. The van der Waals surface area contributed by atoms with E-state index < -0.39 is 0 Å². The topological polar surface area (TPSA) is 9.23 Å². The van der Waals surface area contributed by atoms with Gasteiger partial charge < -0.3 is 4.74 Å². The lowest BCUT2D eigenvalue weighted by Crippen LogP contribution is -2.15. The summed E-state index contributed by atoms with van der Waals surface area (Å²) in [6.07, 6.45) is 2.25. The van der Waals surface area contributed by atoms with Gasteiger partial charge in [-0.3, -0.25) is 0 Å². The Morgan fingerprint density at radius 1 is 1.40 bits per heavy atom. The van der Waals surface area contributed by atoms with Crippen LogP contribution in [-0.2, 0) is 10.3 Å². The molecule has 2 rings (SSSR count). The van der Waals surface area contributed by atoms with Gasteiger partial charge in [0.15, 0.2) is 0 Å². The zero-order valence-corrected chi connectivity index (χ0v) is 10.9. The van der Waals surface area contributed by atoms with Gasteiger partial charge in [0.1, 0.15) is 0 Å². The van der Waals surface area contributed by atoms with Crippen LogP contribution in [0.4, 0.5) is 0 Å². The van der Waals surface area contributed by atoms with Gasteiger partial charge in [-0.05, 0) is 36.5 Å². The van der Waals surface area contributed by atoms with Crippen LogP contribution >= 0.6 is 15.9 Å². The first-order chi connectivity index (χ1) is 7.19. The molecule has 1 aliphatic rings. The van der Waals surface area contributed by atoms with E-state index in [1.807, 2.05) is 0 Å². The van der Waals surface area contributed by atoms with Crippen LogP contribution in [0.3, 0.4) is 0 Å². The van der Waals surface area contributed by atoms with E-state index in [0.717, 1.165) is 23.9 Å². The zero-order chi connectivity index (χ0) is 10.9. The molecule has 0 bridgehead atoms. The van der Waals surface area contributed by atoms with Crippen molar-refractivity contribution in [2.45, 2.75) is 32.3 Å². The molecule has 1 fully saturated rings. The van der Waals surface area contributed by atoms with Crippen LogP contribution in [0.1, 0.15) is 32.3 Å². The maximum absolute atomic E-state index is 6.01. The summed E-state index contributed by atoms with van der Waals surface area (Å²) in [7, 11) is 0. The summed E-state index contributed by atoms with van der Waals surface area (Å²) in [6.45, 7) is 5.28. The molecule has 0 spiro atoms. The molecule has 82 valence electrons. The van der Waals surface area contributed by atoms with Crippen molar-refractivity contribution in [1.29, 1.82) is 0 Å². The summed E-state index contributed by atoms with van der Waals surface area (Å²) in [5.41, 5.74) is 1.35. The minimum absolute atomic E-state index is 0.0245. The van der Waals surface area contributed by atoms with Crippen molar-refractivity contribution in [3.8, 4) is 0 Å². The van der Waals surface area contributed by atoms with Gasteiger partial charge in [0.25, 0.3) is 0 Å². The minimum atomic E-state index is 0.0245. The summed E-state index contributed by atoms with van der Waals surface area (Å²) in [4.78, 5) is 0. The van der Waals surface area contributed by atoms with E-state index in [1.54, 1.807) is 0 Å². The van der Waals surface area contributed by atoms with Gasteiger partial charge in [0.2, 0.25) is 0 Å². The lowest BCUT2D eigenvalue weighted by Gasteiger charge is -2.18. The summed E-state index contributed by atoms with van der Waals surface area (Å²) >= 11 is 3.46.